The van der Waals surface area contributed by atoms with E-state index in [1.807, 2.05) is 6.92 Å². The molecule has 0 aliphatic heterocycles. The van der Waals surface area contributed by atoms with E-state index in [0.717, 1.165) is 6.61 Å². The molecule has 0 aliphatic rings. The van der Waals surface area contributed by atoms with Crippen LogP contribution in [-0.4, -0.2) is 25.0 Å². The van der Waals surface area contributed by atoms with Gasteiger partial charge in [-0.2, -0.15) is 0 Å². The summed E-state index contributed by atoms with van der Waals surface area (Å²) in [6.07, 6.45) is 2.04. The Kier molecular flexibility index (Phi) is 6.83. The lowest BCUT2D eigenvalue weighted by molar-refractivity contribution is 0.111. The average Bonchev–Trinajstić information content (AvgIpc) is 2.51. The molecule has 0 amide bonds. The van der Waals surface area contributed by atoms with Crippen molar-refractivity contribution >= 4 is 12.0 Å². The van der Waals surface area contributed by atoms with Crippen LogP contribution in [0.3, 0.4) is 0 Å². The molecule has 0 saturated heterocycles. The molecule has 112 valence electrons. The first-order valence-electron chi connectivity index (χ1n) is 6.23. The van der Waals surface area contributed by atoms with Crippen LogP contribution < -0.4 is 10.5 Å². The van der Waals surface area contributed by atoms with Crippen LogP contribution in [0.1, 0.15) is 17.4 Å². The number of nitrogens with two attached hydrogens (primary N) is 1. The molecule has 0 unspecified atom stereocenters. The van der Waals surface area contributed by atoms with Crippen LogP contribution in [0.5, 0.6) is 11.5 Å². The Bertz CT molecular complexity index is 589. The number of carbonyl (C=O) groups is 1. The van der Waals surface area contributed by atoms with E-state index in [4.69, 9.17) is 10.5 Å². The molecule has 0 fully saturated rings. The van der Waals surface area contributed by atoms with Crippen molar-refractivity contribution in [3.63, 3.8) is 0 Å². The molecule has 5 nitrogen and oxygen atoms in total. The minimum absolute atomic E-state index is 0.0562. The lowest BCUT2D eigenvalue weighted by atomic mass is 10.3. The number of halogens is 1. The van der Waals surface area contributed by atoms with Gasteiger partial charge in [0.1, 0.15) is 23.0 Å². The molecule has 1 aromatic heterocycles. The maximum Gasteiger partial charge on any atom is 0.168 e. The van der Waals surface area contributed by atoms with E-state index in [1.54, 1.807) is 19.2 Å². The summed E-state index contributed by atoms with van der Waals surface area (Å²) in [6, 6.07) is 7.16. The number of methoxy groups -OCH3 is 1. The van der Waals surface area contributed by atoms with Gasteiger partial charge < -0.3 is 15.2 Å². The van der Waals surface area contributed by atoms with Crippen LogP contribution >= 0.6 is 0 Å². The Morgan fingerprint density at radius 2 is 1.95 bits per heavy atom. The van der Waals surface area contributed by atoms with Crippen molar-refractivity contribution in [1.29, 1.82) is 0 Å². The number of aromatic nitrogens is 1. The highest BCUT2D eigenvalue weighted by molar-refractivity contribution is 5.72. The van der Waals surface area contributed by atoms with Crippen molar-refractivity contribution in [2.75, 3.05) is 19.5 Å². The molecule has 1 aromatic carbocycles. The van der Waals surface area contributed by atoms with Gasteiger partial charge in [-0.3, -0.25) is 9.78 Å². The van der Waals surface area contributed by atoms with Gasteiger partial charge in [0.05, 0.1) is 5.69 Å². The minimum Gasteiger partial charge on any atom is -0.457 e. The molecular weight excluding hydrogens is 275 g/mol. The highest BCUT2D eigenvalue weighted by Gasteiger charge is 2.03. The second-order valence-corrected chi connectivity index (χ2v) is 3.90. The van der Waals surface area contributed by atoms with Crippen molar-refractivity contribution < 1.29 is 18.7 Å². The van der Waals surface area contributed by atoms with Gasteiger partial charge in [0.25, 0.3) is 0 Å². The average molecular weight is 292 g/mol. The van der Waals surface area contributed by atoms with E-state index in [2.05, 4.69) is 9.72 Å². The topological polar surface area (TPSA) is 74.4 Å². The molecule has 0 bridgehead atoms. The summed E-state index contributed by atoms with van der Waals surface area (Å²) < 4.78 is 23.1. The van der Waals surface area contributed by atoms with E-state index in [0.29, 0.717) is 17.8 Å². The number of hydrogen-bond acceptors (Lipinski definition) is 5. The molecule has 21 heavy (non-hydrogen) atoms. The molecule has 0 aliphatic carbocycles. The highest BCUT2D eigenvalue weighted by atomic mass is 19.1. The Morgan fingerprint density at radius 3 is 2.52 bits per heavy atom. The van der Waals surface area contributed by atoms with Crippen LogP contribution in [0.25, 0.3) is 0 Å². The third-order valence-corrected chi connectivity index (χ3v) is 2.37. The van der Waals surface area contributed by atoms with Crippen molar-refractivity contribution in [3.8, 4) is 11.5 Å². The number of benzene rings is 1. The molecule has 2 aromatic rings. The summed E-state index contributed by atoms with van der Waals surface area (Å²) in [5.41, 5.74) is 5.65. The standard InChI is InChI=1S/C12H9FN2O2.C3H8O/c13-11-6-9(1-2-12(11)14)17-10-3-4-15-8(5-10)7-16;1-3-4-2/h1-7H,14H2;3H2,1-2H3. The predicted octanol–water partition coefficient (Wildman–Crippen LogP) is 3.06. The summed E-state index contributed by atoms with van der Waals surface area (Å²) in [7, 11) is 1.68. The monoisotopic (exact) mass is 292 g/mol. The third-order valence-electron chi connectivity index (χ3n) is 2.37. The molecular formula is C15H17FN2O3. The van der Waals surface area contributed by atoms with Crippen LogP contribution in [0, 0.1) is 5.82 Å². The molecule has 6 heteroatoms. The Balaban J connectivity index is 0.000000491. The lowest BCUT2D eigenvalue weighted by Gasteiger charge is -2.06. The second kappa shape index (κ2) is 8.65. The number of carbonyl (C=O) groups excluding carboxylic acids is 1. The first-order valence-corrected chi connectivity index (χ1v) is 6.23. The zero-order chi connectivity index (χ0) is 15.7. The van der Waals surface area contributed by atoms with E-state index in [9.17, 15) is 9.18 Å². The Labute approximate surface area is 122 Å². The van der Waals surface area contributed by atoms with Gasteiger partial charge in [-0.1, -0.05) is 0 Å². The maximum atomic E-state index is 13.2. The summed E-state index contributed by atoms with van der Waals surface area (Å²) in [6.45, 7) is 2.78. The number of anilines is 1. The fourth-order valence-corrected chi connectivity index (χ4v) is 1.26. The zero-order valence-electron chi connectivity index (χ0n) is 11.9. The fraction of sp³-hybridized carbons (Fsp3) is 0.200. The molecule has 0 radical (unpaired) electrons. The first kappa shape index (κ1) is 16.6. The highest BCUT2D eigenvalue weighted by Crippen LogP contribution is 2.24. The largest absolute Gasteiger partial charge is 0.457 e. The quantitative estimate of drug-likeness (QED) is 0.692. The fourth-order valence-electron chi connectivity index (χ4n) is 1.26. The van der Waals surface area contributed by atoms with Crippen LogP contribution in [-0.2, 0) is 4.74 Å². The molecule has 1 heterocycles. The van der Waals surface area contributed by atoms with Gasteiger partial charge in [0, 0.05) is 32.0 Å². The third kappa shape index (κ3) is 5.58. The van der Waals surface area contributed by atoms with Crippen molar-refractivity contribution in [2.24, 2.45) is 0 Å². The minimum atomic E-state index is -0.549. The van der Waals surface area contributed by atoms with Gasteiger partial charge in [-0.05, 0) is 25.1 Å². The summed E-state index contributed by atoms with van der Waals surface area (Å²) in [5, 5.41) is 0. The summed E-state index contributed by atoms with van der Waals surface area (Å²) in [5.74, 6) is 0.165. The maximum absolute atomic E-state index is 13.2. The van der Waals surface area contributed by atoms with Crippen LogP contribution in [0.2, 0.25) is 0 Å². The molecule has 2 rings (SSSR count). The normalized spacial score (nSPS) is 9.48. The van der Waals surface area contributed by atoms with Crippen LogP contribution in [0.4, 0.5) is 10.1 Å². The number of hydrogen-bond donors (Lipinski definition) is 1. The van der Waals surface area contributed by atoms with E-state index in [-0.39, 0.29) is 11.4 Å². The van der Waals surface area contributed by atoms with Crippen molar-refractivity contribution in [1.82, 2.24) is 4.98 Å². The van der Waals surface area contributed by atoms with Gasteiger partial charge in [-0.15, -0.1) is 0 Å². The number of nitrogens with zero attached hydrogens (tertiary/aromatic N) is 1. The number of pyridine rings is 1. The summed E-state index contributed by atoms with van der Waals surface area (Å²) >= 11 is 0. The molecule has 0 saturated carbocycles. The number of ether oxygens (including phenoxy) is 2. The van der Waals surface area contributed by atoms with Crippen LogP contribution in [0.15, 0.2) is 36.5 Å². The SMILES string of the molecule is CCOC.Nc1ccc(Oc2ccnc(C=O)c2)cc1F. The van der Waals surface area contributed by atoms with Gasteiger partial charge in [0.2, 0.25) is 0 Å². The van der Waals surface area contributed by atoms with Gasteiger partial charge >= 0.3 is 0 Å². The van der Waals surface area contributed by atoms with E-state index < -0.39 is 5.82 Å². The number of rotatable bonds is 4. The van der Waals surface area contributed by atoms with E-state index >= 15 is 0 Å². The molecule has 0 spiro atoms. The summed E-state index contributed by atoms with van der Waals surface area (Å²) in [4.78, 5) is 14.3. The van der Waals surface area contributed by atoms with Gasteiger partial charge in [-0.25, -0.2) is 4.39 Å². The smallest absolute Gasteiger partial charge is 0.168 e. The first-order chi connectivity index (χ1) is 10.1. The van der Waals surface area contributed by atoms with Gasteiger partial charge in [0.15, 0.2) is 6.29 Å². The number of aldehydes is 1. The van der Waals surface area contributed by atoms with Crippen molar-refractivity contribution in [3.05, 3.63) is 48.0 Å². The molecule has 0 atom stereocenters. The van der Waals surface area contributed by atoms with Crippen molar-refractivity contribution in [2.45, 2.75) is 6.92 Å². The zero-order valence-corrected chi connectivity index (χ0v) is 11.9. The molecule has 2 N–H and O–H groups in total. The second-order valence-electron chi connectivity index (χ2n) is 3.90. The lowest BCUT2D eigenvalue weighted by Crippen LogP contribution is -1.92. The Morgan fingerprint density at radius 1 is 1.29 bits per heavy atom. The predicted molar refractivity (Wildman–Crippen MR) is 78.1 cm³/mol. The number of nitrogen functional groups attached to an aromatic ring is 1. The Hall–Kier alpha value is -2.47. The van der Waals surface area contributed by atoms with E-state index in [1.165, 1.54) is 24.4 Å².